The first-order chi connectivity index (χ1) is 8.17. The Morgan fingerprint density at radius 2 is 2.29 bits per heavy atom. The molecule has 0 radical (unpaired) electrons. The van der Waals surface area contributed by atoms with Crippen molar-refractivity contribution in [1.82, 2.24) is 15.5 Å². The summed E-state index contributed by atoms with van der Waals surface area (Å²) in [6, 6.07) is 0.572. The maximum Gasteiger partial charge on any atom is 0.221 e. The second-order valence-electron chi connectivity index (χ2n) is 4.98. The molecular formula is C13H27N3O. The molecule has 2 N–H and O–H groups in total. The fraction of sp³-hybridized carbons (Fsp3) is 0.923. The van der Waals surface area contributed by atoms with Gasteiger partial charge >= 0.3 is 0 Å². The Hall–Kier alpha value is -0.610. The van der Waals surface area contributed by atoms with E-state index in [1.807, 2.05) is 14.0 Å². The fourth-order valence-corrected chi connectivity index (χ4v) is 2.48. The van der Waals surface area contributed by atoms with Crippen molar-refractivity contribution in [2.75, 3.05) is 33.2 Å². The normalized spacial score (nSPS) is 23.4. The molecule has 1 aliphatic heterocycles. The predicted molar refractivity (Wildman–Crippen MR) is 71.0 cm³/mol. The average Bonchev–Trinajstić information content (AvgIpc) is 2.36. The minimum atomic E-state index is 0.177. The van der Waals surface area contributed by atoms with Crippen molar-refractivity contribution in [2.24, 2.45) is 5.92 Å². The lowest BCUT2D eigenvalue weighted by molar-refractivity contribution is -0.121. The first-order valence-corrected chi connectivity index (χ1v) is 6.83. The molecule has 0 saturated carbocycles. The van der Waals surface area contributed by atoms with Gasteiger partial charge in [-0.05, 0) is 46.2 Å². The summed E-state index contributed by atoms with van der Waals surface area (Å²) in [5, 5.41) is 6.19. The highest BCUT2D eigenvalue weighted by Gasteiger charge is 2.23. The molecule has 100 valence electrons. The molecule has 0 aromatic rings. The van der Waals surface area contributed by atoms with E-state index in [-0.39, 0.29) is 5.91 Å². The van der Waals surface area contributed by atoms with E-state index in [1.54, 1.807) is 0 Å². The largest absolute Gasteiger partial charge is 0.356 e. The zero-order valence-corrected chi connectivity index (χ0v) is 11.5. The maximum absolute atomic E-state index is 11.4. The van der Waals surface area contributed by atoms with E-state index < -0.39 is 0 Å². The van der Waals surface area contributed by atoms with Crippen molar-refractivity contribution in [3.8, 4) is 0 Å². The molecular weight excluding hydrogens is 214 g/mol. The number of amides is 1. The molecule has 0 bridgehead atoms. The van der Waals surface area contributed by atoms with Crippen LogP contribution in [0.3, 0.4) is 0 Å². The predicted octanol–water partition coefficient (Wildman–Crippen LogP) is 0.833. The maximum atomic E-state index is 11.4. The number of carbonyl (C=O) groups excluding carboxylic acids is 1. The van der Waals surface area contributed by atoms with Crippen LogP contribution in [0.4, 0.5) is 0 Å². The van der Waals surface area contributed by atoms with E-state index in [2.05, 4.69) is 22.5 Å². The number of carbonyl (C=O) groups is 1. The summed E-state index contributed by atoms with van der Waals surface area (Å²) in [6.45, 7) is 8.12. The molecule has 4 heteroatoms. The molecule has 0 spiro atoms. The van der Waals surface area contributed by atoms with E-state index in [1.165, 1.54) is 12.8 Å². The van der Waals surface area contributed by atoms with Crippen LogP contribution in [0.2, 0.25) is 0 Å². The van der Waals surface area contributed by atoms with Gasteiger partial charge in [0.25, 0.3) is 0 Å². The van der Waals surface area contributed by atoms with Gasteiger partial charge in [0.15, 0.2) is 0 Å². The average molecular weight is 241 g/mol. The number of rotatable bonds is 6. The van der Waals surface area contributed by atoms with Gasteiger partial charge in [0, 0.05) is 32.1 Å². The number of nitrogens with one attached hydrogen (secondary N) is 2. The molecule has 1 amide bonds. The molecule has 2 unspecified atom stereocenters. The molecule has 1 aliphatic rings. The van der Waals surface area contributed by atoms with Gasteiger partial charge < -0.3 is 15.5 Å². The SMILES string of the molecule is CCNC(=O)CCN1CCCC(C(C)NC)C1. The molecule has 0 aromatic heterocycles. The third-order valence-electron chi connectivity index (χ3n) is 3.73. The molecule has 1 saturated heterocycles. The number of hydrogen-bond acceptors (Lipinski definition) is 3. The number of likely N-dealkylation sites (tertiary alicyclic amines) is 1. The summed E-state index contributed by atoms with van der Waals surface area (Å²) in [5.74, 6) is 0.902. The minimum absolute atomic E-state index is 0.177. The van der Waals surface area contributed by atoms with E-state index in [0.717, 1.165) is 32.1 Å². The van der Waals surface area contributed by atoms with Gasteiger partial charge in [-0.2, -0.15) is 0 Å². The van der Waals surface area contributed by atoms with E-state index in [0.29, 0.717) is 12.5 Å². The second-order valence-corrected chi connectivity index (χ2v) is 4.98. The third kappa shape index (κ3) is 5.04. The van der Waals surface area contributed by atoms with Gasteiger partial charge in [0.1, 0.15) is 0 Å². The first kappa shape index (κ1) is 14.5. The van der Waals surface area contributed by atoms with Gasteiger partial charge in [-0.1, -0.05) is 0 Å². The van der Waals surface area contributed by atoms with Crippen LogP contribution in [0.15, 0.2) is 0 Å². The van der Waals surface area contributed by atoms with Gasteiger partial charge in [-0.3, -0.25) is 4.79 Å². The topological polar surface area (TPSA) is 44.4 Å². The van der Waals surface area contributed by atoms with Crippen molar-refractivity contribution in [3.63, 3.8) is 0 Å². The Balaban J connectivity index is 2.27. The van der Waals surface area contributed by atoms with Crippen LogP contribution >= 0.6 is 0 Å². The van der Waals surface area contributed by atoms with E-state index in [9.17, 15) is 4.79 Å². The summed E-state index contributed by atoms with van der Waals surface area (Å²) in [4.78, 5) is 13.8. The zero-order valence-electron chi connectivity index (χ0n) is 11.5. The van der Waals surface area contributed by atoms with Crippen LogP contribution < -0.4 is 10.6 Å². The highest BCUT2D eigenvalue weighted by Crippen LogP contribution is 2.19. The molecule has 1 heterocycles. The van der Waals surface area contributed by atoms with Crippen molar-refractivity contribution in [2.45, 2.75) is 39.2 Å². The summed E-state index contributed by atoms with van der Waals surface area (Å²) in [6.07, 6.45) is 3.19. The first-order valence-electron chi connectivity index (χ1n) is 6.83. The van der Waals surface area contributed by atoms with Crippen molar-refractivity contribution >= 4 is 5.91 Å². The molecule has 1 rings (SSSR count). The van der Waals surface area contributed by atoms with Crippen LogP contribution in [-0.4, -0.2) is 50.1 Å². The van der Waals surface area contributed by atoms with Crippen molar-refractivity contribution < 1.29 is 4.79 Å². The Bertz CT molecular complexity index is 233. The van der Waals surface area contributed by atoms with Crippen molar-refractivity contribution in [3.05, 3.63) is 0 Å². The summed E-state index contributed by atoms with van der Waals surface area (Å²) in [7, 11) is 2.03. The summed E-state index contributed by atoms with van der Waals surface area (Å²) >= 11 is 0. The van der Waals surface area contributed by atoms with Gasteiger partial charge in [-0.15, -0.1) is 0 Å². The molecule has 17 heavy (non-hydrogen) atoms. The summed E-state index contributed by atoms with van der Waals surface area (Å²) in [5.41, 5.74) is 0. The Labute approximate surface area is 105 Å². The Kier molecular flexibility index (Phi) is 6.52. The van der Waals surface area contributed by atoms with Crippen LogP contribution in [0.1, 0.15) is 33.1 Å². The number of nitrogens with zero attached hydrogens (tertiary/aromatic N) is 1. The van der Waals surface area contributed by atoms with Crippen LogP contribution in [0, 0.1) is 5.92 Å². The lowest BCUT2D eigenvalue weighted by Gasteiger charge is -2.35. The molecule has 0 aliphatic carbocycles. The Morgan fingerprint density at radius 3 is 2.94 bits per heavy atom. The summed E-state index contributed by atoms with van der Waals surface area (Å²) < 4.78 is 0. The zero-order chi connectivity index (χ0) is 12.7. The second kappa shape index (κ2) is 7.67. The third-order valence-corrected chi connectivity index (χ3v) is 3.73. The van der Waals surface area contributed by atoms with Gasteiger partial charge in [0.05, 0.1) is 0 Å². The van der Waals surface area contributed by atoms with E-state index >= 15 is 0 Å². The van der Waals surface area contributed by atoms with Crippen LogP contribution in [0.25, 0.3) is 0 Å². The van der Waals surface area contributed by atoms with Crippen molar-refractivity contribution in [1.29, 1.82) is 0 Å². The van der Waals surface area contributed by atoms with Gasteiger partial charge in [-0.25, -0.2) is 0 Å². The standard InChI is InChI=1S/C13H27N3O/c1-4-15-13(17)7-9-16-8-5-6-12(10-16)11(2)14-3/h11-12,14H,4-10H2,1-3H3,(H,15,17). The van der Waals surface area contributed by atoms with Gasteiger partial charge in [0.2, 0.25) is 5.91 Å². The van der Waals surface area contributed by atoms with Crippen LogP contribution in [-0.2, 0) is 4.79 Å². The smallest absolute Gasteiger partial charge is 0.221 e. The molecule has 1 fully saturated rings. The minimum Gasteiger partial charge on any atom is -0.356 e. The molecule has 0 aromatic carbocycles. The highest BCUT2D eigenvalue weighted by atomic mass is 16.1. The van der Waals surface area contributed by atoms with Crippen LogP contribution in [0.5, 0.6) is 0 Å². The lowest BCUT2D eigenvalue weighted by atomic mass is 9.91. The molecule has 2 atom stereocenters. The lowest BCUT2D eigenvalue weighted by Crippen LogP contribution is -2.44. The Morgan fingerprint density at radius 1 is 1.53 bits per heavy atom. The fourth-order valence-electron chi connectivity index (χ4n) is 2.48. The molecule has 4 nitrogen and oxygen atoms in total. The quantitative estimate of drug-likeness (QED) is 0.724. The monoisotopic (exact) mass is 241 g/mol. The highest BCUT2D eigenvalue weighted by molar-refractivity contribution is 5.75. The number of hydrogen-bond donors (Lipinski definition) is 2. The number of piperidine rings is 1. The van der Waals surface area contributed by atoms with E-state index in [4.69, 9.17) is 0 Å².